The third-order valence-corrected chi connectivity index (χ3v) is 5.98. The standard InChI is InChI=1S/C23H25N3O4/c1-2-25-17-8-4-5-9-18(17)26(22(25)28)15-21(27)24-16-10-11-19-20(14-16)30-23(29-19)12-6-3-7-13-23/h4-5,8-11,14H,2-3,6-7,12-13,15H2,1H3,(H,24,27). The first-order chi connectivity index (χ1) is 14.6. The van der Waals surface area contributed by atoms with Gasteiger partial charge in [0.2, 0.25) is 5.91 Å². The minimum absolute atomic E-state index is 0.0509. The average Bonchev–Trinajstić information content (AvgIpc) is 3.22. The minimum Gasteiger partial charge on any atom is -0.448 e. The second kappa shape index (κ2) is 7.23. The summed E-state index contributed by atoms with van der Waals surface area (Å²) in [5.74, 6) is 0.576. The molecule has 7 nitrogen and oxygen atoms in total. The number of ether oxygens (including phenoxy) is 2. The van der Waals surface area contributed by atoms with Crippen molar-refractivity contribution in [2.75, 3.05) is 5.32 Å². The van der Waals surface area contributed by atoms with Crippen LogP contribution in [0, 0.1) is 0 Å². The van der Waals surface area contributed by atoms with Crippen molar-refractivity contribution in [3.05, 3.63) is 52.9 Å². The molecule has 1 aromatic heterocycles. The monoisotopic (exact) mass is 407 g/mol. The maximum Gasteiger partial charge on any atom is 0.329 e. The number of aromatic nitrogens is 2. The number of carbonyl (C=O) groups excluding carboxylic acids is 1. The van der Waals surface area contributed by atoms with Crippen LogP contribution in [0.1, 0.15) is 39.0 Å². The molecule has 0 radical (unpaired) electrons. The van der Waals surface area contributed by atoms with E-state index in [1.807, 2.05) is 37.3 Å². The Morgan fingerprint density at radius 1 is 1.00 bits per heavy atom. The van der Waals surface area contributed by atoms with Crippen molar-refractivity contribution in [2.24, 2.45) is 0 Å². The summed E-state index contributed by atoms with van der Waals surface area (Å²) in [4.78, 5) is 25.5. The van der Waals surface area contributed by atoms with Crippen LogP contribution < -0.4 is 20.5 Å². The lowest BCUT2D eigenvalue weighted by molar-refractivity contribution is -0.116. The lowest BCUT2D eigenvalue weighted by atomic mass is 9.94. The molecular formula is C23H25N3O4. The molecule has 1 aliphatic heterocycles. The van der Waals surface area contributed by atoms with Crippen LogP contribution in [0.3, 0.4) is 0 Å². The van der Waals surface area contributed by atoms with Gasteiger partial charge in [0.15, 0.2) is 11.5 Å². The largest absolute Gasteiger partial charge is 0.448 e. The highest BCUT2D eigenvalue weighted by molar-refractivity contribution is 5.92. The van der Waals surface area contributed by atoms with Crippen LogP contribution in [0.15, 0.2) is 47.3 Å². The molecule has 1 aliphatic carbocycles. The zero-order chi connectivity index (χ0) is 20.7. The number of nitrogens with zero attached hydrogens (tertiary/aromatic N) is 2. The van der Waals surface area contributed by atoms with E-state index in [0.717, 1.165) is 42.5 Å². The Morgan fingerprint density at radius 3 is 2.43 bits per heavy atom. The Balaban J connectivity index is 1.34. The first kappa shape index (κ1) is 18.8. The number of anilines is 1. The van der Waals surface area contributed by atoms with Gasteiger partial charge in [-0.2, -0.15) is 0 Å². The van der Waals surface area contributed by atoms with E-state index in [4.69, 9.17) is 9.47 Å². The summed E-state index contributed by atoms with van der Waals surface area (Å²) >= 11 is 0. The van der Waals surface area contributed by atoms with Crippen molar-refractivity contribution >= 4 is 22.6 Å². The lowest BCUT2D eigenvalue weighted by Gasteiger charge is -2.31. The Hall–Kier alpha value is -3.22. The Labute approximate surface area is 174 Å². The normalized spacial score (nSPS) is 16.8. The van der Waals surface area contributed by atoms with Crippen LogP contribution in [0.25, 0.3) is 11.0 Å². The molecule has 156 valence electrons. The number of aryl methyl sites for hydroxylation is 1. The molecule has 2 aromatic carbocycles. The molecule has 1 fully saturated rings. The number of amides is 1. The molecule has 7 heteroatoms. The summed E-state index contributed by atoms with van der Waals surface area (Å²) in [6.45, 7) is 2.42. The van der Waals surface area contributed by atoms with E-state index in [0.29, 0.717) is 18.0 Å². The first-order valence-electron chi connectivity index (χ1n) is 10.6. The number of hydrogen-bond donors (Lipinski definition) is 1. The van der Waals surface area contributed by atoms with Gasteiger partial charge in [0.25, 0.3) is 5.79 Å². The second-order valence-corrected chi connectivity index (χ2v) is 7.99. The predicted molar refractivity (Wildman–Crippen MR) is 114 cm³/mol. The van der Waals surface area contributed by atoms with Gasteiger partial charge in [-0.1, -0.05) is 18.6 Å². The van der Waals surface area contributed by atoms with Gasteiger partial charge in [-0.05, 0) is 44.0 Å². The number of carbonyl (C=O) groups is 1. The predicted octanol–water partition coefficient (Wildman–Crippen LogP) is 3.89. The Morgan fingerprint density at radius 2 is 1.70 bits per heavy atom. The van der Waals surface area contributed by atoms with Crippen molar-refractivity contribution < 1.29 is 14.3 Å². The summed E-state index contributed by atoms with van der Waals surface area (Å²) in [6, 6.07) is 13.0. The van der Waals surface area contributed by atoms with Gasteiger partial charge in [0, 0.05) is 31.1 Å². The fraction of sp³-hybridized carbons (Fsp3) is 0.391. The third-order valence-electron chi connectivity index (χ3n) is 5.98. The zero-order valence-corrected chi connectivity index (χ0v) is 17.0. The first-order valence-corrected chi connectivity index (χ1v) is 10.6. The molecule has 0 unspecified atom stereocenters. The molecule has 3 aromatic rings. The van der Waals surface area contributed by atoms with Gasteiger partial charge >= 0.3 is 5.69 Å². The molecule has 2 heterocycles. The highest BCUT2D eigenvalue weighted by atomic mass is 16.7. The van der Waals surface area contributed by atoms with Crippen LogP contribution >= 0.6 is 0 Å². The van der Waals surface area contributed by atoms with Gasteiger partial charge in [-0.25, -0.2) is 4.79 Å². The summed E-state index contributed by atoms with van der Waals surface area (Å²) in [5, 5.41) is 2.89. The van der Waals surface area contributed by atoms with Gasteiger partial charge in [0.1, 0.15) is 6.54 Å². The quantitative estimate of drug-likeness (QED) is 0.712. The van der Waals surface area contributed by atoms with E-state index in [-0.39, 0.29) is 18.1 Å². The summed E-state index contributed by atoms with van der Waals surface area (Å²) in [7, 11) is 0. The van der Waals surface area contributed by atoms with E-state index in [1.54, 1.807) is 16.7 Å². The van der Waals surface area contributed by atoms with Crippen molar-refractivity contribution in [1.82, 2.24) is 9.13 Å². The van der Waals surface area contributed by atoms with E-state index in [2.05, 4.69) is 5.32 Å². The fourth-order valence-corrected chi connectivity index (χ4v) is 4.54. The Kier molecular flexibility index (Phi) is 4.53. The number of rotatable bonds is 4. The fourth-order valence-electron chi connectivity index (χ4n) is 4.54. The highest BCUT2D eigenvalue weighted by Crippen LogP contribution is 2.46. The lowest BCUT2D eigenvalue weighted by Crippen LogP contribution is -2.40. The van der Waals surface area contributed by atoms with E-state index in [9.17, 15) is 9.59 Å². The van der Waals surface area contributed by atoms with Crippen LogP contribution in [0.2, 0.25) is 0 Å². The number of fused-ring (bicyclic) bond motifs is 2. The molecule has 0 bridgehead atoms. The molecule has 1 amide bonds. The highest BCUT2D eigenvalue weighted by Gasteiger charge is 2.42. The van der Waals surface area contributed by atoms with Gasteiger partial charge < -0.3 is 14.8 Å². The molecule has 5 rings (SSSR count). The summed E-state index contributed by atoms with van der Waals surface area (Å²) in [6.07, 6.45) is 5.16. The molecule has 0 atom stereocenters. The summed E-state index contributed by atoms with van der Waals surface area (Å²) in [5.41, 5.74) is 2.03. The molecule has 2 aliphatic rings. The van der Waals surface area contributed by atoms with Crippen LogP contribution in [0.4, 0.5) is 5.69 Å². The number of imidazole rings is 1. The van der Waals surface area contributed by atoms with Crippen molar-refractivity contribution in [1.29, 1.82) is 0 Å². The molecule has 30 heavy (non-hydrogen) atoms. The average molecular weight is 407 g/mol. The van der Waals surface area contributed by atoms with Crippen molar-refractivity contribution in [3.8, 4) is 11.5 Å². The maximum atomic E-state index is 12.7. The van der Waals surface area contributed by atoms with Crippen molar-refractivity contribution in [2.45, 2.75) is 57.9 Å². The Bertz CT molecular complexity index is 1170. The van der Waals surface area contributed by atoms with Crippen LogP contribution in [0.5, 0.6) is 11.5 Å². The SMILES string of the molecule is CCn1c(=O)n(CC(=O)Nc2ccc3c(c2)OC2(CCCCC2)O3)c2ccccc21. The van der Waals surface area contributed by atoms with Gasteiger partial charge in [0.05, 0.1) is 11.0 Å². The topological polar surface area (TPSA) is 74.5 Å². The molecule has 1 spiro atoms. The number of para-hydroxylation sites is 2. The van der Waals surface area contributed by atoms with Crippen LogP contribution in [-0.2, 0) is 17.9 Å². The number of hydrogen-bond acceptors (Lipinski definition) is 4. The molecule has 0 saturated heterocycles. The molecular weight excluding hydrogens is 382 g/mol. The number of nitrogens with one attached hydrogen (secondary N) is 1. The zero-order valence-electron chi connectivity index (χ0n) is 17.0. The van der Waals surface area contributed by atoms with Crippen molar-refractivity contribution in [3.63, 3.8) is 0 Å². The van der Waals surface area contributed by atoms with Crippen LogP contribution in [-0.4, -0.2) is 20.8 Å². The minimum atomic E-state index is -0.543. The van der Waals surface area contributed by atoms with Gasteiger partial charge in [-0.3, -0.25) is 13.9 Å². The van der Waals surface area contributed by atoms with E-state index in [1.165, 1.54) is 11.0 Å². The van der Waals surface area contributed by atoms with Gasteiger partial charge in [-0.15, -0.1) is 0 Å². The third kappa shape index (κ3) is 3.14. The number of benzene rings is 2. The van der Waals surface area contributed by atoms with E-state index >= 15 is 0 Å². The van der Waals surface area contributed by atoms with E-state index < -0.39 is 5.79 Å². The summed E-state index contributed by atoms with van der Waals surface area (Å²) < 4.78 is 15.4. The molecule has 1 saturated carbocycles. The molecule has 1 N–H and O–H groups in total. The smallest absolute Gasteiger partial charge is 0.329 e. The second-order valence-electron chi connectivity index (χ2n) is 7.99. The maximum absolute atomic E-state index is 12.7.